The van der Waals surface area contributed by atoms with E-state index in [1.807, 2.05) is 0 Å². The maximum atomic E-state index is 11.6. The van der Waals surface area contributed by atoms with Crippen LogP contribution in [0.5, 0.6) is 11.5 Å². The van der Waals surface area contributed by atoms with Gasteiger partial charge in [0.05, 0.1) is 7.11 Å². The third kappa shape index (κ3) is 3.11. The van der Waals surface area contributed by atoms with Crippen molar-refractivity contribution in [2.45, 2.75) is 72.1 Å². The van der Waals surface area contributed by atoms with Crippen LogP contribution in [0.1, 0.15) is 72.4 Å². The summed E-state index contributed by atoms with van der Waals surface area (Å²) < 4.78 is 11.1. The molecule has 4 aliphatic rings. The minimum absolute atomic E-state index is 0.0246. The molecule has 2 aromatic carbocycles. The number of benzene rings is 2. The van der Waals surface area contributed by atoms with Gasteiger partial charge in [-0.15, -0.1) is 0 Å². The number of carbonyl (C=O) groups is 1. The number of carbonyl (C=O) groups excluding carboxylic acids is 1. The molecule has 0 heterocycles. The standard InChI is InChI=1S/C29H36O3/c1-16-7-25(31-6)8-17(2)27(16)29(23-12-21-11-22(14-23)15-24(29)13-21)28-18(3)9-26(10-19(28)4)32-20(5)30/h7-10,21-24H,11-15H2,1-6H3. The number of ether oxygens (including phenoxy) is 2. The molecule has 0 spiro atoms. The Hall–Kier alpha value is -2.29. The van der Waals surface area contributed by atoms with Crippen LogP contribution < -0.4 is 9.47 Å². The SMILES string of the molecule is COc1cc(C)c(C2(c3c(C)cc(OC(C)=O)cc3C)C3CC4CC(C3)CC2C4)c(C)c1. The highest BCUT2D eigenvalue weighted by atomic mass is 16.5. The van der Waals surface area contributed by atoms with Gasteiger partial charge in [0.2, 0.25) is 0 Å². The molecular weight excluding hydrogens is 396 g/mol. The van der Waals surface area contributed by atoms with Crippen molar-refractivity contribution in [1.29, 1.82) is 0 Å². The molecule has 0 aliphatic heterocycles. The van der Waals surface area contributed by atoms with Gasteiger partial charge in [-0.05, 0) is 141 Å². The summed E-state index contributed by atoms with van der Waals surface area (Å²) in [6.45, 7) is 10.5. The molecule has 0 unspecified atom stereocenters. The van der Waals surface area contributed by atoms with Gasteiger partial charge in [0.25, 0.3) is 0 Å². The summed E-state index contributed by atoms with van der Waals surface area (Å²) in [4.78, 5) is 11.6. The zero-order valence-electron chi connectivity index (χ0n) is 20.4. The number of aryl methyl sites for hydroxylation is 4. The first-order valence-electron chi connectivity index (χ1n) is 12.2. The van der Waals surface area contributed by atoms with Gasteiger partial charge in [0, 0.05) is 12.3 Å². The van der Waals surface area contributed by atoms with Crippen LogP contribution in [0, 0.1) is 51.4 Å². The molecule has 4 fully saturated rings. The number of hydrogen-bond acceptors (Lipinski definition) is 3. The molecule has 0 amide bonds. The lowest BCUT2D eigenvalue weighted by Gasteiger charge is -2.63. The van der Waals surface area contributed by atoms with E-state index >= 15 is 0 Å². The van der Waals surface area contributed by atoms with E-state index in [1.54, 1.807) is 7.11 Å². The molecule has 4 aliphatic carbocycles. The lowest BCUT2D eigenvalue weighted by atomic mass is 9.41. The average molecular weight is 433 g/mol. The summed E-state index contributed by atoms with van der Waals surface area (Å²) in [5.74, 6) is 4.47. The summed E-state index contributed by atoms with van der Waals surface area (Å²) in [5.41, 5.74) is 8.23. The van der Waals surface area contributed by atoms with Crippen LogP contribution in [0.4, 0.5) is 0 Å². The summed E-state index contributed by atoms with van der Waals surface area (Å²) in [6.07, 6.45) is 6.78. The molecule has 3 nitrogen and oxygen atoms in total. The summed E-state index contributed by atoms with van der Waals surface area (Å²) in [7, 11) is 1.76. The van der Waals surface area contributed by atoms with E-state index < -0.39 is 0 Å². The van der Waals surface area contributed by atoms with E-state index in [9.17, 15) is 4.79 Å². The molecule has 2 aromatic rings. The summed E-state index contributed by atoms with van der Waals surface area (Å²) in [6, 6.07) is 8.63. The Balaban J connectivity index is 1.78. The summed E-state index contributed by atoms with van der Waals surface area (Å²) >= 11 is 0. The van der Waals surface area contributed by atoms with Crippen molar-refractivity contribution >= 4 is 5.97 Å². The molecule has 170 valence electrons. The smallest absolute Gasteiger partial charge is 0.308 e. The zero-order valence-corrected chi connectivity index (χ0v) is 20.4. The van der Waals surface area contributed by atoms with Crippen LogP contribution in [-0.4, -0.2) is 13.1 Å². The lowest BCUT2D eigenvalue weighted by molar-refractivity contribution is -0.131. The summed E-state index contributed by atoms with van der Waals surface area (Å²) in [5, 5.41) is 0. The van der Waals surface area contributed by atoms with Crippen molar-refractivity contribution in [3.63, 3.8) is 0 Å². The van der Waals surface area contributed by atoms with Crippen LogP contribution >= 0.6 is 0 Å². The van der Waals surface area contributed by atoms with Gasteiger partial charge >= 0.3 is 5.97 Å². The van der Waals surface area contributed by atoms with Crippen LogP contribution in [0.25, 0.3) is 0 Å². The Labute approximate surface area is 192 Å². The lowest BCUT2D eigenvalue weighted by Crippen LogP contribution is -2.57. The molecule has 4 saturated carbocycles. The molecule has 0 aromatic heterocycles. The van der Waals surface area contributed by atoms with E-state index in [0.29, 0.717) is 17.6 Å². The second-order valence-electron chi connectivity index (χ2n) is 10.8. The molecular formula is C29H36O3. The second-order valence-corrected chi connectivity index (χ2v) is 10.8. The van der Waals surface area contributed by atoms with E-state index in [1.165, 1.54) is 72.4 Å². The first-order valence-corrected chi connectivity index (χ1v) is 12.2. The largest absolute Gasteiger partial charge is 0.497 e. The zero-order chi connectivity index (χ0) is 22.8. The van der Waals surface area contributed by atoms with Crippen LogP contribution in [0.15, 0.2) is 24.3 Å². The van der Waals surface area contributed by atoms with Gasteiger partial charge in [-0.25, -0.2) is 0 Å². The van der Waals surface area contributed by atoms with Crippen molar-refractivity contribution in [2.24, 2.45) is 23.7 Å². The number of esters is 1. The average Bonchev–Trinajstić information content (AvgIpc) is 2.69. The van der Waals surface area contributed by atoms with Gasteiger partial charge < -0.3 is 9.47 Å². The first-order chi connectivity index (χ1) is 15.2. The van der Waals surface area contributed by atoms with E-state index in [0.717, 1.165) is 17.6 Å². The fraction of sp³-hybridized carbons (Fsp3) is 0.552. The maximum Gasteiger partial charge on any atom is 0.308 e. The number of methoxy groups -OCH3 is 1. The Morgan fingerprint density at radius 3 is 1.53 bits per heavy atom. The molecule has 4 bridgehead atoms. The molecule has 3 heteroatoms. The third-order valence-electron chi connectivity index (χ3n) is 8.76. The maximum absolute atomic E-state index is 11.6. The molecule has 6 rings (SSSR count). The minimum Gasteiger partial charge on any atom is -0.497 e. The van der Waals surface area contributed by atoms with E-state index in [2.05, 4.69) is 52.0 Å². The van der Waals surface area contributed by atoms with Gasteiger partial charge in [0.15, 0.2) is 0 Å². The predicted molar refractivity (Wildman–Crippen MR) is 128 cm³/mol. The van der Waals surface area contributed by atoms with Crippen molar-refractivity contribution < 1.29 is 14.3 Å². The van der Waals surface area contributed by atoms with E-state index in [4.69, 9.17) is 9.47 Å². The Morgan fingerprint density at radius 2 is 1.16 bits per heavy atom. The highest BCUT2D eigenvalue weighted by Crippen LogP contribution is 2.67. The quantitative estimate of drug-likeness (QED) is 0.403. The molecule has 0 saturated heterocycles. The normalized spacial score (nSPS) is 30.4. The van der Waals surface area contributed by atoms with Crippen LogP contribution in [0.2, 0.25) is 0 Å². The highest BCUT2D eigenvalue weighted by Gasteiger charge is 2.60. The second kappa shape index (κ2) is 7.64. The van der Waals surface area contributed by atoms with Crippen molar-refractivity contribution in [1.82, 2.24) is 0 Å². The van der Waals surface area contributed by atoms with E-state index in [-0.39, 0.29) is 11.4 Å². The topological polar surface area (TPSA) is 35.5 Å². The number of rotatable bonds is 4. The fourth-order valence-corrected chi connectivity index (χ4v) is 8.36. The first kappa shape index (κ1) is 21.6. The molecule has 0 N–H and O–H groups in total. The molecule has 0 radical (unpaired) electrons. The monoisotopic (exact) mass is 432 g/mol. The fourth-order valence-electron chi connectivity index (χ4n) is 8.36. The van der Waals surface area contributed by atoms with Crippen LogP contribution in [-0.2, 0) is 10.2 Å². The van der Waals surface area contributed by atoms with Crippen molar-refractivity contribution in [3.05, 3.63) is 57.6 Å². The van der Waals surface area contributed by atoms with Gasteiger partial charge in [-0.1, -0.05) is 0 Å². The Bertz CT molecular complexity index is 1010. The Kier molecular flexibility index (Phi) is 5.15. The van der Waals surface area contributed by atoms with Gasteiger partial charge in [0.1, 0.15) is 11.5 Å². The van der Waals surface area contributed by atoms with Crippen LogP contribution in [0.3, 0.4) is 0 Å². The minimum atomic E-state index is -0.261. The number of hydrogen-bond donors (Lipinski definition) is 0. The van der Waals surface area contributed by atoms with Gasteiger partial charge in [-0.2, -0.15) is 0 Å². The predicted octanol–water partition coefficient (Wildman–Crippen LogP) is 6.60. The molecule has 0 atom stereocenters. The van der Waals surface area contributed by atoms with Gasteiger partial charge in [-0.3, -0.25) is 4.79 Å². The molecule has 32 heavy (non-hydrogen) atoms. The highest BCUT2D eigenvalue weighted by molar-refractivity contribution is 5.70. The van der Waals surface area contributed by atoms with Crippen molar-refractivity contribution in [2.75, 3.05) is 7.11 Å². The third-order valence-corrected chi connectivity index (χ3v) is 8.76. The Morgan fingerprint density at radius 1 is 0.750 bits per heavy atom. The van der Waals surface area contributed by atoms with Crippen molar-refractivity contribution in [3.8, 4) is 11.5 Å².